The number of piperidine rings is 1. The van der Waals surface area contributed by atoms with Crippen LogP contribution in [0.25, 0.3) is 0 Å². The van der Waals surface area contributed by atoms with Crippen molar-refractivity contribution in [3.8, 4) is 17.6 Å². The van der Waals surface area contributed by atoms with Gasteiger partial charge < -0.3 is 15.0 Å². The zero-order valence-corrected chi connectivity index (χ0v) is 16.2. The van der Waals surface area contributed by atoms with E-state index >= 15 is 0 Å². The number of imide groups is 1. The number of nitrogens with zero attached hydrogens (tertiary/aromatic N) is 1. The molecule has 7 nitrogen and oxygen atoms in total. The van der Waals surface area contributed by atoms with E-state index in [-0.39, 0.29) is 18.2 Å². The van der Waals surface area contributed by atoms with Gasteiger partial charge in [0.25, 0.3) is 5.91 Å². The first kappa shape index (κ1) is 18.3. The van der Waals surface area contributed by atoms with Crippen LogP contribution in [0.4, 0.5) is 5.69 Å². The number of nitrogens with one attached hydrogen (secondary N) is 2. The lowest BCUT2D eigenvalue weighted by Crippen LogP contribution is -2.52. The highest BCUT2D eigenvalue weighted by Gasteiger charge is 2.39. The molecule has 0 radical (unpaired) electrons. The highest BCUT2D eigenvalue weighted by Crippen LogP contribution is 2.32. The summed E-state index contributed by atoms with van der Waals surface area (Å²) in [7, 11) is 0. The number of carbonyl (C=O) groups excluding carboxylic acids is 3. The maximum atomic E-state index is 12.9. The fraction of sp³-hybridized carbons (Fsp3) is 0.261. The average Bonchev–Trinajstić information content (AvgIpc) is 3.09. The van der Waals surface area contributed by atoms with Crippen molar-refractivity contribution in [3.63, 3.8) is 0 Å². The number of amides is 3. The molecule has 1 fully saturated rings. The molecule has 30 heavy (non-hydrogen) atoms. The van der Waals surface area contributed by atoms with Crippen LogP contribution in [0.3, 0.4) is 0 Å². The summed E-state index contributed by atoms with van der Waals surface area (Å²) < 4.78 is 5.77. The Morgan fingerprint density at radius 1 is 1.03 bits per heavy atom. The third-order valence-electron chi connectivity index (χ3n) is 5.59. The molecule has 0 aromatic heterocycles. The van der Waals surface area contributed by atoms with Gasteiger partial charge in [0, 0.05) is 30.6 Å². The number of rotatable bonds is 1. The average molecular weight is 401 g/mol. The second kappa shape index (κ2) is 7.23. The second-order valence-corrected chi connectivity index (χ2v) is 7.44. The molecule has 1 unspecified atom stereocenters. The minimum absolute atomic E-state index is 0.201. The van der Waals surface area contributed by atoms with E-state index < -0.39 is 11.9 Å². The molecule has 0 bridgehead atoms. The fourth-order valence-electron chi connectivity index (χ4n) is 4.11. The number of carbonyl (C=O) groups is 3. The lowest BCUT2D eigenvalue weighted by Gasteiger charge is -2.29. The van der Waals surface area contributed by atoms with Gasteiger partial charge in [-0.15, -0.1) is 0 Å². The van der Waals surface area contributed by atoms with Gasteiger partial charge in [-0.1, -0.05) is 24.0 Å². The van der Waals surface area contributed by atoms with Gasteiger partial charge in [-0.05, 0) is 36.2 Å². The number of benzene rings is 2. The van der Waals surface area contributed by atoms with E-state index in [1.807, 2.05) is 24.3 Å². The van der Waals surface area contributed by atoms with Gasteiger partial charge in [0.15, 0.2) is 5.75 Å². The molecule has 0 spiro atoms. The lowest BCUT2D eigenvalue weighted by atomic mass is 10.0. The molecule has 7 heteroatoms. The summed E-state index contributed by atoms with van der Waals surface area (Å²) >= 11 is 0. The Kier molecular flexibility index (Phi) is 4.40. The summed E-state index contributed by atoms with van der Waals surface area (Å²) in [4.78, 5) is 38.2. The van der Waals surface area contributed by atoms with E-state index in [1.165, 1.54) is 4.90 Å². The number of anilines is 1. The molecule has 1 saturated heterocycles. The summed E-state index contributed by atoms with van der Waals surface area (Å²) in [6.45, 7) is 1.65. The molecule has 3 aliphatic rings. The van der Waals surface area contributed by atoms with Crippen LogP contribution in [0.15, 0.2) is 36.4 Å². The van der Waals surface area contributed by atoms with Crippen LogP contribution >= 0.6 is 0 Å². The van der Waals surface area contributed by atoms with Crippen molar-refractivity contribution in [1.29, 1.82) is 0 Å². The Morgan fingerprint density at radius 2 is 1.83 bits per heavy atom. The van der Waals surface area contributed by atoms with Crippen LogP contribution in [-0.4, -0.2) is 41.8 Å². The Labute approximate surface area is 173 Å². The Bertz CT molecular complexity index is 1140. The minimum Gasteiger partial charge on any atom is -0.488 e. The Morgan fingerprint density at radius 3 is 2.70 bits per heavy atom. The molecular formula is C23H19N3O4. The van der Waals surface area contributed by atoms with Gasteiger partial charge in [-0.3, -0.25) is 19.7 Å². The number of fused-ring (bicyclic) bond motifs is 2. The smallest absolute Gasteiger partial charge is 0.255 e. The lowest BCUT2D eigenvalue weighted by molar-refractivity contribution is -0.136. The molecule has 150 valence electrons. The molecule has 5 rings (SSSR count). The van der Waals surface area contributed by atoms with E-state index in [4.69, 9.17) is 4.74 Å². The first-order valence-electron chi connectivity index (χ1n) is 9.90. The summed E-state index contributed by atoms with van der Waals surface area (Å²) in [6, 6.07) is 10.6. The van der Waals surface area contributed by atoms with Crippen molar-refractivity contribution in [2.24, 2.45) is 0 Å². The zero-order valence-electron chi connectivity index (χ0n) is 16.2. The van der Waals surface area contributed by atoms with Crippen molar-refractivity contribution < 1.29 is 19.1 Å². The summed E-state index contributed by atoms with van der Waals surface area (Å²) in [6.07, 6.45) is 0.572. The van der Waals surface area contributed by atoms with Gasteiger partial charge in [0.2, 0.25) is 11.8 Å². The van der Waals surface area contributed by atoms with E-state index in [0.29, 0.717) is 25.1 Å². The third kappa shape index (κ3) is 3.07. The van der Waals surface area contributed by atoms with Crippen LogP contribution in [-0.2, 0) is 16.1 Å². The number of hydrogen-bond donors (Lipinski definition) is 2. The number of hydrogen-bond acceptors (Lipinski definition) is 5. The molecule has 2 aromatic rings. The molecule has 1 atom stereocenters. The SMILES string of the molecule is O=C1CCC(N2Cc3c(C#Cc4cccc5c4OCCN5)cccc3C2=O)C(=O)N1. The predicted molar refractivity (Wildman–Crippen MR) is 109 cm³/mol. The van der Waals surface area contributed by atoms with Crippen molar-refractivity contribution in [3.05, 3.63) is 58.7 Å². The van der Waals surface area contributed by atoms with Crippen LogP contribution in [0.5, 0.6) is 5.75 Å². The van der Waals surface area contributed by atoms with Crippen molar-refractivity contribution in [1.82, 2.24) is 10.2 Å². The quantitative estimate of drug-likeness (QED) is 0.561. The maximum Gasteiger partial charge on any atom is 0.255 e. The van der Waals surface area contributed by atoms with Crippen molar-refractivity contribution >= 4 is 23.4 Å². The van der Waals surface area contributed by atoms with Crippen LogP contribution < -0.4 is 15.4 Å². The first-order chi connectivity index (χ1) is 14.6. The zero-order chi connectivity index (χ0) is 20.7. The van der Waals surface area contributed by atoms with Crippen molar-refractivity contribution in [2.45, 2.75) is 25.4 Å². The molecule has 0 aliphatic carbocycles. The highest BCUT2D eigenvalue weighted by atomic mass is 16.5. The standard InChI is InChI=1S/C23H19N3O4/c27-20-10-9-19(22(28)25-20)26-13-17-14(3-1-5-16(17)23(26)29)7-8-15-4-2-6-18-21(15)30-12-11-24-18/h1-6,19,24H,9-13H2,(H,25,27,28). The monoisotopic (exact) mass is 401 g/mol. The van der Waals surface area contributed by atoms with Gasteiger partial charge in [-0.25, -0.2) is 0 Å². The molecule has 2 aromatic carbocycles. The van der Waals surface area contributed by atoms with Crippen LogP contribution in [0, 0.1) is 11.8 Å². The molecule has 2 N–H and O–H groups in total. The molecule has 3 aliphatic heterocycles. The molecular weight excluding hydrogens is 382 g/mol. The Balaban J connectivity index is 1.46. The van der Waals surface area contributed by atoms with E-state index in [9.17, 15) is 14.4 Å². The molecule has 3 heterocycles. The fourth-order valence-corrected chi connectivity index (χ4v) is 4.11. The normalized spacial score (nSPS) is 19.7. The number of para-hydroxylation sites is 1. The van der Waals surface area contributed by atoms with E-state index in [0.717, 1.165) is 34.7 Å². The largest absolute Gasteiger partial charge is 0.488 e. The highest BCUT2D eigenvalue weighted by molar-refractivity contribution is 6.05. The summed E-state index contributed by atoms with van der Waals surface area (Å²) in [5.41, 5.74) is 3.81. The Hall–Kier alpha value is -3.79. The number of ether oxygens (including phenoxy) is 1. The summed E-state index contributed by atoms with van der Waals surface area (Å²) in [5.74, 6) is 6.18. The van der Waals surface area contributed by atoms with Gasteiger partial charge in [-0.2, -0.15) is 0 Å². The molecule has 0 saturated carbocycles. The summed E-state index contributed by atoms with van der Waals surface area (Å²) in [5, 5.41) is 5.62. The van der Waals surface area contributed by atoms with E-state index in [1.54, 1.807) is 12.1 Å². The minimum atomic E-state index is -0.635. The van der Waals surface area contributed by atoms with Crippen LogP contribution in [0.2, 0.25) is 0 Å². The van der Waals surface area contributed by atoms with Gasteiger partial charge in [0.05, 0.1) is 11.3 Å². The van der Waals surface area contributed by atoms with Crippen LogP contribution in [0.1, 0.15) is 39.9 Å². The topological polar surface area (TPSA) is 87.7 Å². The predicted octanol–water partition coefficient (Wildman–Crippen LogP) is 1.65. The van der Waals surface area contributed by atoms with Gasteiger partial charge in [0.1, 0.15) is 12.6 Å². The maximum absolute atomic E-state index is 12.9. The third-order valence-corrected chi connectivity index (χ3v) is 5.59. The van der Waals surface area contributed by atoms with Crippen molar-refractivity contribution in [2.75, 3.05) is 18.5 Å². The van der Waals surface area contributed by atoms with Gasteiger partial charge >= 0.3 is 0 Å². The second-order valence-electron chi connectivity index (χ2n) is 7.44. The van der Waals surface area contributed by atoms with E-state index in [2.05, 4.69) is 22.5 Å². The molecule has 3 amide bonds. The first-order valence-corrected chi connectivity index (χ1v) is 9.90.